The van der Waals surface area contributed by atoms with Crippen LogP contribution < -0.4 is 4.74 Å². The Labute approximate surface area is 388 Å². The second-order valence-corrected chi connectivity index (χ2v) is 14.6. The van der Waals surface area contributed by atoms with E-state index in [-0.39, 0.29) is 66.4 Å². The molecule has 0 aliphatic rings. The molecule has 0 saturated heterocycles. The molecular formula is C51H54O16. The van der Waals surface area contributed by atoms with Gasteiger partial charge in [-0.15, -0.1) is 0 Å². The standard InChI is InChI=1S/C29H30O8.C22H24O8/c1-19-14-24(23-11-10-22(20(2)30)15-25(23)28(31)34-4)26(29(32)37-18-35-13-12-33-3)16-27(19)36-17-21-8-6-5-7-9-21;1-13-9-17(16-6-5-15(14(2)23)10-18(16)21(25)28-4)19(11-20(13)24)22(26)30-12-29-8-7-27-3/h5-11,14-16H,12-13,17-18H2,1-4H3;5-6,9-11,24H,7-8,12H2,1-4H3. The van der Waals surface area contributed by atoms with E-state index in [1.54, 1.807) is 56.5 Å². The molecule has 0 bridgehead atoms. The summed E-state index contributed by atoms with van der Waals surface area (Å²) in [5.74, 6) is -2.76. The summed E-state index contributed by atoms with van der Waals surface area (Å²) in [5.41, 5.74) is 4.90. The molecule has 0 aliphatic heterocycles. The predicted molar refractivity (Wildman–Crippen MR) is 245 cm³/mol. The lowest BCUT2D eigenvalue weighted by Crippen LogP contribution is -2.14. The Morgan fingerprint density at radius 1 is 0.493 bits per heavy atom. The molecule has 1 N–H and O–H groups in total. The van der Waals surface area contributed by atoms with Crippen LogP contribution in [0.5, 0.6) is 11.5 Å². The molecule has 0 aliphatic carbocycles. The van der Waals surface area contributed by atoms with Gasteiger partial charge in [0.2, 0.25) is 0 Å². The SMILES string of the molecule is COCCOCOC(=O)c1cc(O)c(C)cc1-c1ccc(C(C)=O)cc1C(=O)OC.COCCOCOC(=O)c1cc(OCc2ccccc2)c(C)cc1-c1ccc(C(C)=O)cc1C(=O)OC. The number of esters is 4. The molecule has 0 aromatic heterocycles. The summed E-state index contributed by atoms with van der Waals surface area (Å²) < 4.78 is 46.5. The van der Waals surface area contributed by atoms with Gasteiger partial charge in [-0.25, -0.2) is 19.2 Å². The largest absolute Gasteiger partial charge is 0.508 e. The summed E-state index contributed by atoms with van der Waals surface area (Å²) in [6.07, 6.45) is 0. The van der Waals surface area contributed by atoms with E-state index in [0.29, 0.717) is 64.5 Å². The normalized spacial score (nSPS) is 10.6. The first-order chi connectivity index (χ1) is 32.1. The summed E-state index contributed by atoms with van der Waals surface area (Å²) in [6, 6.07) is 25.0. The van der Waals surface area contributed by atoms with E-state index in [1.807, 2.05) is 37.3 Å². The minimum atomic E-state index is -0.746. The average Bonchev–Trinajstić information content (AvgIpc) is 3.33. The number of aryl methyl sites for hydroxylation is 2. The number of methoxy groups -OCH3 is 4. The third-order valence-electron chi connectivity index (χ3n) is 9.98. The average molecular weight is 923 g/mol. The highest BCUT2D eigenvalue weighted by Crippen LogP contribution is 2.36. The molecule has 0 atom stereocenters. The van der Waals surface area contributed by atoms with E-state index in [9.17, 15) is 33.9 Å². The number of phenolic OH excluding ortho intramolecular Hbond substituents is 1. The highest BCUT2D eigenvalue weighted by atomic mass is 16.7. The van der Waals surface area contributed by atoms with Gasteiger partial charge in [-0.05, 0) is 103 Å². The fourth-order valence-corrected chi connectivity index (χ4v) is 6.36. The molecule has 0 unspecified atom stereocenters. The number of benzene rings is 5. The smallest absolute Gasteiger partial charge is 0.341 e. The molecular weight excluding hydrogens is 869 g/mol. The quantitative estimate of drug-likeness (QED) is 0.0242. The zero-order valence-corrected chi connectivity index (χ0v) is 38.7. The Morgan fingerprint density at radius 3 is 1.39 bits per heavy atom. The molecule has 16 nitrogen and oxygen atoms in total. The monoisotopic (exact) mass is 922 g/mol. The van der Waals surface area contributed by atoms with E-state index in [0.717, 1.165) is 11.1 Å². The summed E-state index contributed by atoms with van der Waals surface area (Å²) >= 11 is 0. The van der Waals surface area contributed by atoms with Crippen LogP contribution in [0.15, 0.2) is 91.0 Å². The highest BCUT2D eigenvalue weighted by molar-refractivity contribution is 6.07. The van der Waals surface area contributed by atoms with Gasteiger partial charge in [0, 0.05) is 25.3 Å². The number of aromatic hydroxyl groups is 1. The van der Waals surface area contributed by atoms with Crippen LogP contribution in [0.3, 0.4) is 0 Å². The van der Waals surface area contributed by atoms with Gasteiger partial charge in [0.25, 0.3) is 0 Å². The molecule has 0 saturated carbocycles. The predicted octanol–water partition coefficient (Wildman–Crippen LogP) is 8.14. The minimum Gasteiger partial charge on any atom is -0.508 e. The number of Topliss-reactive ketones (excluding diaryl/α,β-unsaturated/α-hetero) is 2. The third-order valence-corrected chi connectivity index (χ3v) is 9.98. The van der Waals surface area contributed by atoms with Crippen LogP contribution in [0.1, 0.15) is 92.7 Å². The second-order valence-electron chi connectivity index (χ2n) is 14.6. The number of phenols is 1. The maximum absolute atomic E-state index is 13.2. The fourth-order valence-electron chi connectivity index (χ4n) is 6.36. The van der Waals surface area contributed by atoms with Crippen LogP contribution in [-0.2, 0) is 44.5 Å². The molecule has 16 heteroatoms. The Kier molecular flexibility index (Phi) is 20.4. The maximum atomic E-state index is 13.2. The van der Waals surface area contributed by atoms with Gasteiger partial charge < -0.3 is 47.7 Å². The van der Waals surface area contributed by atoms with E-state index in [2.05, 4.69) is 0 Å². The van der Waals surface area contributed by atoms with Crippen molar-refractivity contribution in [2.75, 3.05) is 68.5 Å². The zero-order valence-electron chi connectivity index (χ0n) is 38.7. The van der Waals surface area contributed by atoms with Crippen molar-refractivity contribution in [1.29, 1.82) is 0 Å². The van der Waals surface area contributed by atoms with Crippen LogP contribution in [0.2, 0.25) is 0 Å². The van der Waals surface area contributed by atoms with Crippen molar-refractivity contribution < 1.29 is 76.5 Å². The van der Waals surface area contributed by atoms with E-state index in [1.165, 1.54) is 53.4 Å². The van der Waals surface area contributed by atoms with Crippen LogP contribution >= 0.6 is 0 Å². The van der Waals surface area contributed by atoms with Crippen LogP contribution in [0, 0.1) is 13.8 Å². The molecule has 0 heterocycles. The zero-order chi connectivity index (χ0) is 49.0. The first-order valence-electron chi connectivity index (χ1n) is 20.7. The summed E-state index contributed by atoms with van der Waals surface area (Å²) in [5, 5.41) is 10.1. The van der Waals surface area contributed by atoms with Crippen molar-refractivity contribution in [2.24, 2.45) is 0 Å². The number of ketones is 2. The van der Waals surface area contributed by atoms with Gasteiger partial charge in [0.15, 0.2) is 25.2 Å². The molecule has 5 aromatic rings. The number of hydrogen-bond donors (Lipinski definition) is 1. The van der Waals surface area contributed by atoms with Gasteiger partial charge in [-0.2, -0.15) is 0 Å². The summed E-state index contributed by atoms with van der Waals surface area (Å²) in [6.45, 7) is 7.22. The second kappa shape index (κ2) is 26.0. The number of carbonyl (C=O) groups excluding carboxylic acids is 6. The lowest BCUT2D eigenvalue weighted by atomic mass is 9.91. The van der Waals surface area contributed by atoms with Gasteiger partial charge in [-0.1, -0.05) is 54.6 Å². The molecule has 354 valence electrons. The molecule has 5 aromatic carbocycles. The van der Waals surface area contributed by atoms with Gasteiger partial charge in [-0.3, -0.25) is 9.59 Å². The van der Waals surface area contributed by atoms with Crippen molar-refractivity contribution in [3.05, 3.63) is 141 Å². The lowest BCUT2D eigenvalue weighted by Gasteiger charge is -2.17. The van der Waals surface area contributed by atoms with Crippen molar-refractivity contribution >= 4 is 35.4 Å². The number of rotatable bonds is 21. The number of ether oxygens (including phenoxy) is 9. The molecule has 0 amide bonds. The Balaban J connectivity index is 0.000000299. The minimum absolute atomic E-state index is 0.0363. The summed E-state index contributed by atoms with van der Waals surface area (Å²) in [4.78, 5) is 74.5. The molecule has 5 rings (SSSR count). The van der Waals surface area contributed by atoms with Crippen LogP contribution in [0.4, 0.5) is 0 Å². The first-order valence-corrected chi connectivity index (χ1v) is 20.7. The van der Waals surface area contributed by atoms with Crippen molar-refractivity contribution in [1.82, 2.24) is 0 Å². The third kappa shape index (κ3) is 14.6. The van der Waals surface area contributed by atoms with Crippen LogP contribution in [-0.4, -0.2) is 109 Å². The Bertz CT molecular complexity index is 2550. The van der Waals surface area contributed by atoms with Gasteiger partial charge in [0.1, 0.15) is 18.1 Å². The number of carbonyl (C=O) groups is 6. The summed E-state index contributed by atoms with van der Waals surface area (Å²) in [7, 11) is 5.54. The first kappa shape index (κ1) is 52.4. The molecule has 0 fully saturated rings. The fraction of sp³-hybridized carbons (Fsp3) is 0.294. The Morgan fingerprint density at radius 2 is 0.940 bits per heavy atom. The Hall–Kier alpha value is -7.24. The van der Waals surface area contributed by atoms with Gasteiger partial charge >= 0.3 is 23.9 Å². The van der Waals surface area contributed by atoms with Crippen molar-refractivity contribution in [3.8, 4) is 33.8 Å². The van der Waals surface area contributed by atoms with Crippen molar-refractivity contribution in [2.45, 2.75) is 34.3 Å². The maximum Gasteiger partial charge on any atom is 0.341 e. The lowest BCUT2D eigenvalue weighted by molar-refractivity contribution is -0.0440. The topological polar surface area (TPSA) is 206 Å². The molecule has 0 radical (unpaired) electrons. The van der Waals surface area contributed by atoms with Gasteiger partial charge in [0.05, 0.1) is 62.9 Å². The van der Waals surface area contributed by atoms with E-state index >= 15 is 0 Å². The van der Waals surface area contributed by atoms with E-state index in [4.69, 9.17) is 42.6 Å². The highest BCUT2D eigenvalue weighted by Gasteiger charge is 2.25. The number of hydrogen-bond acceptors (Lipinski definition) is 16. The molecule has 0 spiro atoms. The van der Waals surface area contributed by atoms with Crippen LogP contribution in [0.25, 0.3) is 22.3 Å². The van der Waals surface area contributed by atoms with E-state index < -0.39 is 23.9 Å². The van der Waals surface area contributed by atoms with Crippen molar-refractivity contribution in [3.63, 3.8) is 0 Å². The molecule has 67 heavy (non-hydrogen) atoms.